The average molecular weight is 300 g/mol. The molecule has 0 aromatic heterocycles. The van der Waals surface area contributed by atoms with Crippen LogP contribution < -0.4 is 5.32 Å². The normalized spacial score (nSPS) is 21.4. The molecule has 20 heavy (non-hydrogen) atoms. The van der Waals surface area contributed by atoms with Gasteiger partial charge in [0.15, 0.2) is 5.17 Å². The lowest BCUT2D eigenvalue weighted by atomic mass is 9.90. The van der Waals surface area contributed by atoms with E-state index in [1.165, 1.54) is 12.8 Å². The molecular formula is C16H33N3S. The summed E-state index contributed by atoms with van der Waals surface area (Å²) >= 11 is 1.94. The third-order valence-corrected chi connectivity index (χ3v) is 4.35. The number of aliphatic imine (C=N–C) groups is 1. The van der Waals surface area contributed by atoms with Crippen molar-refractivity contribution in [1.82, 2.24) is 10.2 Å². The first kappa shape index (κ1) is 17.8. The van der Waals surface area contributed by atoms with E-state index in [1.807, 2.05) is 11.8 Å². The summed E-state index contributed by atoms with van der Waals surface area (Å²) in [4.78, 5) is 6.96. The highest BCUT2D eigenvalue weighted by atomic mass is 32.2. The van der Waals surface area contributed by atoms with Crippen molar-refractivity contribution >= 4 is 16.9 Å². The van der Waals surface area contributed by atoms with Gasteiger partial charge in [-0.1, -0.05) is 46.4 Å². The Hall–Kier alpha value is -0.220. The molecule has 1 heterocycles. The highest BCUT2D eigenvalue weighted by Gasteiger charge is 2.26. The molecule has 0 bridgehead atoms. The lowest BCUT2D eigenvalue weighted by molar-refractivity contribution is 0.329. The Balaban J connectivity index is 2.45. The SMILES string of the molecule is CC(C)CC(CN(C)C)NC1=NCC(CC(C)(C)C)S1. The molecule has 0 fully saturated rings. The number of likely N-dealkylation sites (N-methyl/N-ethyl adjacent to an activating group) is 1. The Kier molecular flexibility index (Phi) is 6.86. The zero-order chi connectivity index (χ0) is 15.3. The third-order valence-electron chi connectivity index (χ3n) is 3.23. The van der Waals surface area contributed by atoms with E-state index in [1.54, 1.807) is 0 Å². The molecule has 0 aromatic rings. The second-order valence-corrected chi connectivity index (χ2v) is 9.17. The highest BCUT2D eigenvalue weighted by Crippen LogP contribution is 2.31. The summed E-state index contributed by atoms with van der Waals surface area (Å²) in [7, 11) is 4.28. The fraction of sp³-hybridized carbons (Fsp3) is 0.938. The molecule has 0 radical (unpaired) electrons. The van der Waals surface area contributed by atoms with Crippen molar-refractivity contribution in [2.24, 2.45) is 16.3 Å². The van der Waals surface area contributed by atoms with E-state index in [4.69, 9.17) is 4.99 Å². The van der Waals surface area contributed by atoms with Gasteiger partial charge in [0.1, 0.15) is 0 Å². The molecule has 0 spiro atoms. The Morgan fingerprint density at radius 3 is 2.50 bits per heavy atom. The molecule has 3 nitrogen and oxygen atoms in total. The van der Waals surface area contributed by atoms with Gasteiger partial charge >= 0.3 is 0 Å². The number of amidine groups is 1. The van der Waals surface area contributed by atoms with Crippen LogP contribution in [0.25, 0.3) is 0 Å². The molecule has 2 atom stereocenters. The lowest BCUT2D eigenvalue weighted by Crippen LogP contribution is -2.41. The van der Waals surface area contributed by atoms with Gasteiger partial charge in [-0.05, 0) is 38.3 Å². The van der Waals surface area contributed by atoms with Gasteiger partial charge < -0.3 is 10.2 Å². The molecule has 0 amide bonds. The second-order valence-electron chi connectivity index (χ2n) is 7.88. The number of thioether (sulfide) groups is 1. The molecule has 1 N–H and O–H groups in total. The van der Waals surface area contributed by atoms with E-state index in [0.717, 1.165) is 18.3 Å². The summed E-state index contributed by atoms with van der Waals surface area (Å²) in [5.74, 6) is 0.713. The lowest BCUT2D eigenvalue weighted by Gasteiger charge is -2.25. The monoisotopic (exact) mass is 299 g/mol. The largest absolute Gasteiger partial charge is 0.361 e. The van der Waals surface area contributed by atoms with Gasteiger partial charge in [0.25, 0.3) is 0 Å². The predicted octanol–water partition coefficient (Wildman–Crippen LogP) is 3.46. The van der Waals surface area contributed by atoms with Crippen LogP contribution in [0, 0.1) is 11.3 Å². The Morgan fingerprint density at radius 1 is 1.35 bits per heavy atom. The molecule has 2 unspecified atom stereocenters. The average Bonchev–Trinajstić information content (AvgIpc) is 2.60. The van der Waals surface area contributed by atoms with Crippen molar-refractivity contribution < 1.29 is 0 Å². The minimum atomic E-state index is 0.392. The van der Waals surface area contributed by atoms with Crippen LogP contribution >= 0.6 is 11.8 Å². The van der Waals surface area contributed by atoms with Crippen LogP contribution in [-0.2, 0) is 0 Å². The number of nitrogens with one attached hydrogen (secondary N) is 1. The van der Waals surface area contributed by atoms with Crippen molar-refractivity contribution in [2.45, 2.75) is 58.8 Å². The van der Waals surface area contributed by atoms with Gasteiger partial charge in [-0.15, -0.1) is 0 Å². The van der Waals surface area contributed by atoms with Crippen molar-refractivity contribution in [1.29, 1.82) is 0 Å². The second kappa shape index (κ2) is 7.69. The molecule has 0 saturated carbocycles. The summed E-state index contributed by atoms with van der Waals surface area (Å²) in [6.45, 7) is 13.6. The van der Waals surface area contributed by atoms with Crippen LogP contribution in [0.4, 0.5) is 0 Å². The summed E-state index contributed by atoms with van der Waals surface area (Å²) in [5.41, 5.74) is 0.392. The molecule has 0 aliphatic carbocycles. The maximum Gasteiger partial charge on any atom is 0.157 e. The highest BCUT2D eigenvalue weighted by molar-refractivity contribution is 8.14. The molecule has 118 valence electrons. The van der Waals surface area contributed by atoms with Crippen LogP contribution in [-0.4, -0.2) is 48.5 Å². The first-order valence-electron chi connectivity index (χ1n) is 7.78. The molecular weight excluding hydrogens is 266 g/mol. The van der Waals surface area contributed by atoms with Crippen molar-refractivity contribution in [3.05, 3.63) is 0 Å². The maximum absolute atomic E-state index is 4.71. The van der Waals surface area contributed by atoms with E-state index < -0.39 is 0 Å². The smallest absolute Gasteiger partial charge is 0.157 e. The molecule has 1 aliphatic heterocycles. The fourth-order valence-corrected chi connectivity index (χ4v) is 4.08. The number of nitrogens with zero attached hydrogens (tertiary/aromatic N) is 2. The molecule has 4 heteroatoms. The van der Waals surface area contributed by atoms with Crippen LogP contribution in [0.2, 0.25) is 0 Å². The van der Waals surface area contributed by atoms with Crippen LogP contribution in [0.3, 0.4) is 0 Å². The predicted molar refractivity (Wildman–Crippen MR) is 92.7 cm³/mol. The first-order chi connectivity index (χ1) is 9.15. The number of rotatable bonds is 6. The third kappa shape index (κ3) is 7.53. The van der Waals surface area contributed by atoms with Gasteiger partial charge in [0.2, 0.25) is 0 Å². The zero-order valence-electron chi connectivity index (χ0n) is 14.4. The Bertz CT molecular complexity index is 308. The first-order valence-corrected chi connectivity index (χ1v) is 8.66. The van der Waals surface area contributed by atoms with E-state index in [-0.39, 0.29) is 0 Å². The van der Waals surface area contributed by atoms with Gasteiger partial charge in [-0.25, -0.2) is 0 Å². The maximum atomic E-state index is 4.71. The van der Waals surface area contributed by atoms with E-state index in [9.17, 15) is 0 Å². The van der Waals surface area contributed by atoms with Gasteiger partial charge in [-0.2, -0.15) is 0 Å². The van der Waals surface area contributed by atoms with Gasteiger partial charge in [0, 0.05) is 17.8 Å². The Morgan fingerprint density at radius 2 is 2.00 bits per heavy atom. The summed E-state index contributed by atoms with van der Waals surface area (Å²) in [5, 5.41) is 5.47. The standard InChI is InChI=1S/C16H33N3S/c1-12(2)8-13(11-19(6)7)18-15-17-10-14(20-15)9-16(3,4)5/h12-14H,8-11H2,1-7H3,(H,17,18). The number of hydrogen-bond acceptors (Lipinski definition) is 4. The summed E-state index contributed by atoms with van der Waals surface area (Å²) in [6.07, 6.45) is 2.43. The van der Waals surface area contributed by atoms with Crippen LogP contribution in [0.1, 0.15) is 47.5 Å². The fourth-order valence-electron chi connectivity index (χ4n) is 2.65. The van der Waals surface area contributed by atoms with E-state index in [0.29, 0.717) is 22.6 Å². The minimum Gasteiger partial charge on any atom is -0.361 e. The van der Waals surface area contributed by atoms with Gasteiger partial charge in [0.05, 0.1) is 6.54 Å². The van der Waals surface area contributed by atoms with Crippen LogP contribution in [0.5, 0.6) is 0 Å². The van der Waals surface area contributed by atoms with E-state index in [2.05, 4.69) is 58.9 Å². The van der Waals surface area contributed by atoms with Crippen molar-refractivity contribution in [2.75, 3.05) is 27.2 Å². The summed E-state index contributed by atoms with van der Waals surface area (Å²) in [6, 6.07) is 0.504. The van der Waals surface area contributed by atoms with Crippen LogP contribution in [0.15, 0.2) is 4.99 Å². The molecule has 0 aromatic carbocycles. The molecule has 1 aliphatic rings. The quantitative estimate of drug-likeness (QED) is 0.814. The Labute approximate surface area is 130 Å². The molecule has 1 rings (SSSR count). The summed E-state index contributed by atoms with van der Waals surface area (Å²) < 4.78 is 0. The molecule has 0 saturated heterocycles. The van der Waals surface area contributed by atoms with E-state index >= 15 is 0 Å². The van der Waals surface area contributed by atoms with Crippen molar-refractivity contribution in [3.63, 3.8) is 0 Å². The number of hydrogen-bond donors (Lipinski definition) is 1. The van der Waals surface area contributed by atoms with Gasteiger partial charge in [-0.3, -0.25) is 4.99 Å². The van der Waals surface area contributed by atoms with Crippen molar-refractivity contribution in [3.8, 4) is 0 Å². The zero-order valence-corrected chi connectivity index (χ0v) is 15.2. The topological polar surface area (TPSA) is 27.6 Å². The minimum absolute atomic E-state index is 0.392.